The van der Waals surface area contributed by atoms with Crippen molar-refractivity contribution in [2.75, 3.05) is 31.2 Å². The lowest BCUT2D eigenvalue weighted by Crippen LogP contribution is -2.61. The summed E-state index contributed by atoms with van der Waals surface area (Å²) in [6.07, 6.45) is 5.05. The van der Waals surface area contributed by atoms with Crippen molar-refractivity contribution in [2.24, 2.45) is 7.05 Å². The van der Waals surface area contributed by atoms with Gasteiger partial charge < -0.3 is 28.9 Å². The molecule has 2 saturated heterocycles. The second kappa shape index (κ2) is 9.58. The number of anilines is 1. The van der Waals surface area contributed by atoms with Gasteiger partial charge in [0.25, 0.3) is 5.56 Å². The van der Waals surface area contributed by atoms with E-state index in [1.54, 1.807) is 22.6 Å². The second-order valence-electron chi connectivity index (χ2n) is 10.3. The molecule has 1 amide bonds. The third-order valence-electron chi connectivity index (χ3n) is 6.67. The van der Waals surface area contributed by atoms with E-state index in [2.05, 4.69) is 0 Å². The highest BCUT2D eigenvalue weighted by Gasteiger charge is 2.38. The molecule has 2 fully saturated rings. The maximum Gasteiger partial charge on any atom is 0.410 e. The second-order valence-corrected chi connectivity index (χ2v) is 10.3. The number of fused-ring (bicyclic) bond motifs is 1. The van der Waals surface area contributed by atoms with Crippen molar-refractivity contribution in [3.05, 3.63) is 22.6 Å². The first-order chi connectivity index (χ1) is 16.1. The minimum Gasteiger partial charge on any atom is -0.444 e. The zero-order chi connectivity index (χ0) is 24.6. The molecule has 2 aliphatic heterocycles. The number of hydrogen-bond acceptors (Lipinski definition) is 7. The molecule has 0 aromatic carbocycles. The molecule has 2 aromatic heterocycles. The first kappa shape index (κ1) is 24.5. The number of piperazine rings is 1. The van der Waals surface area contributed by atoms with Gasteiger partial charge in [-0.1, -0.05) is 6.92 Å². The molecule has 0 aliphatic carbocycles. The Labute approximate surface area is 200 Å². The standard InChI is InChI=1S/C24H37N5O5/c1-6-16-12-27(17(15-30)13-28(16)23(32)34-24(2,3)4)18-11-20(31)26(5)19-14-29(25-22(18)19)21-9-7-8-10-33-21/h11,14,16-17,21,30H,6-10,12-13,15H2,1-5H3/t16-,17-,21?/m1/s1. The molecule has 0 saturated carbocycles. The fraction of sp³-hybridized carbons (Fsp3) is 0.708. The van der Waals surface area contributed by atoms with Gasteiger partial charge in [0.1, 0.15) is 17.3 Å². The number of aliphatic hydroxyl groups is 1. The number of carbonyl (C=O) groups excluding carboxylic acids is 1. The quantitative estimate of drug-likeness (QED) is 0.725. The average molecular weight is 476 g/mol. The van der Waals surface area contributed by atoms with Crippen LogP contribution in [0, 0.1) is 0 Å². The van der Waals surface area contributed by atoms with Crippen LogP contribution in [-0.2, 0) is 16.5 Å². The van der Waals surface area contributed by atoms with E-state index in [1.165, 1.54) is 0 Å². The van der Waals surface area contributed by atoms with Gasteiger partial charge in [-0.15, -0.1) is 0 Å². The van der Waals surface area contributed by atoms with E-state index < -0.39 is 5.60 Å². The van der Waals surface area contributed by atoms with Crippen LogP contribution in [0.1, 0.15) is 59.6 Å². The number of pyridine rings is 1. The van der Waals surface area contributed by atoms with Gasteiger partial charge in [0.05, 0.1) is 36.1 Å². The lowest BCUT2D eigenvalue weighted by Gasteiger charge is -2.46. The van der Waals surface area contributed by atoms with E-state index in [-0.39, 0.29) is 36.6 Å². The number of amides is 1. The van der Waals surface area contributed by atoms with Gasteiger partial charge in [-0.25, -0.2) is 9.48 Å². The van der Waals surface area contributed by atoms with Crippen LogP contribution < -0.4 is 10.5 Å². The molecule has 0 bridgehead atoms. The van der Waals surface area contributed by atoms with Crippen LogP contribution in [0.25, 0.3) is 11.0 Å². The van der Waals surface area contributed by atoms with Crippen LogP contribution in [0.4, 0.5) is 10.5 Å². The number of carbonyl (C=O) groups is 1. The first-order valence-electron chi connectivity index (χ1n) is 12.2. The third-order valence-corrected chi connectivity index (χ3v) is 6.67. The molecule has 4 rings (SSSR count). The van der Waals surface area contributed by atoms with Gasteiger partial charge >= 0.3 is 6.09 Å². The third kappa shape index (κ3) is 4.79. The summed E-state index contributed by atoms with van der Waals surface area (Å²) in [5.41, 5.74) is 1.33. The first-order valence-corrected chi connectivity index (χ1v) is 12.2. The molecular weight excluding hydrogens is 438 g/mol. The van der Waals surface area contributed by atoms with Gasteiger partial charge in [-0.05, 0) is 46.5 Å². The zero-order valence-corrected chi connectivity index (χ0v) is 20.9. The molecule has 10 heteroatoms. The summed E-state index contributed by atoms with van der Waals surface area (Å²) in [7, 11) is 1.74. The van der Waals surface area contributed by atoms with Crippen molar-refractivity contribution in [2.45, 2.75) is 77.3 Å². The minimum atomic E-state index is -0.604. The Bertz CT molecular complexity index is 1080. The summed E-state index contributed by atoms with van der Waals surface area (Å²) >= 11 is 0. The van der Waals surface area contributed by atoms with Crippen LogP contribution in [-0.4, -0.2) is 74.4 Å². The summed E-state index contributed by atoms with van der Waals surface area (Å²) in [5.74, 6) is 0. The maximum atomic E-state index is 12.9. The fourth-order valence-electron chi connectivity index (χ4n) is 4.80. The Kier molecular flexibility index (Phi) is 6.91. The van der Waals surface area contributed by atoms with Crippen molar-refractivity contribution in [3.63, 3.8) is 0 Å². The molecule has 2 aromatic rings. The molecule has 10 nitrogen and oxygen atoms in total. The molecule has 3 atom stereocenters. The van der Waals surface area contributed by atoms with Crippen molar-refractivity contribution in [3.8, 4) is 0 Å². The molecule has 34 heavy (non-hydrogen) atoms. The number of rotatable bonds is 4. The van der Waals surface area contributed by atoms with Crippen molar-refractivity contribution < 1.29 is 19.4 Å². The van der Waals surface area contributed by atoms with Crippen molar-refractivity contribution in [1.82, 2.24) is 19.2 Å². The molecular formula is C24H37N5O5. The molecule has 1 unspecified atom stereocenters. The number of ether oxygens (including phenoxy) is 2. The Morgan fingerprint density at radius 2 is 2.03 bits per heavy atom. The topological polar surface area (TPSA) is 102 Å². The average Bonchev–Trinajstić information content (AvgIpc) is 3.26. The number of aryl methyl sites for hydroxylation is 1. The molecule has 0 spiro atoms. The summed E-state index contributed by atoms with van der Waals surface area (Å²) in [5, 5.41) is 15.1. The van der Waals surface area contributed by atoms with Gasteiger partial charge in [0.15, 0.2) is 0 Å². The van der Waals surface area contributed by atoms with Crippen LogP contribution >= 0.6 is 0 Å². The van der Waals surface area contributed by atoms with E-state index in [0.717, 1.165) is 24.8 Å². The molecule has 4 heterocycles. The number of aromatic nitrogens is 3. The Hall–Kier alpha value is -2.59. The van der Waals surface area contributed by atoms with Crippen LogP contribution in [0.15, 0.2) is 17.1 Å². The van der Waals surface area contributed by atoms with Gasteiger partial charge in [-0.2, -0.15) is 5.10 Å². The van der Waals surface area contributed by atoms with Gasteiger partial charge in [0, 0.05) is 32.8 Å². The number of nitrogens with zero attached hydrogens (tertiary/aromatic N) is 5. The molecule has 188 valence electrons. The largest absolute Gasteiger partial charge is 0.444 e. The van der Waals surface area contributed by atoms with E-state index in [0.29, 0.717) is 37.3 Å². The highest BCUT2D eigenvalue weighted by atomic mass is 16.6. The Morgan fingerprint density at radius 1 is 1.26 bits per heavy atom. The Balaban J connectivity index is 1.71. The number of aliphatic hydroxyl groups excluding tert-OH is 1. The van der Waals surface area contributed by atoms with Crippen LogP contribution in [0.5, 0.6) is 0 Å². The van der Waals surface area contributed by atoms with Crippen molar-refractivity contribution >= 4 is 22.8 Å². The molecule has 2 aliphatic rings. The summed E-state index contributed by atoms with van der Waals surface area (Å²) in [6, 6.07) is 1.07. The van der Waals surface area contributed by atoms with E-state index in [4.69, 9.17) is 14.6 Å². The zero-order valence-electron chi connectivity index (χ0n) is 20.9. The minimum absolute atomic E-state index is 0.125. The van der Waals surface area contributed by atoms with E-state index >= 15 is 0 Å². The van der Waals surface area contributed by atoms with Gasteiger partial charge in [-0.3, -0.25) is 4.79 Å². The fourth-order valence-corrected chi connectivity index (χ4v) is 4.80. The van der Waals surface area contributed by atoms with Crippen LogP contribution in [0.3, 0.4) is 0 Å². The predicted octanol–water partition coefficient (Wildman–Crippen LogP) is 2.63. The Morgan fingerprint density at radius 3 is 2.65 bits per heavy atom. The number of hydrogen-bond donors (Lipinski definition) is 1. The highest BCUT2D eigenvalue weighted by molar-refractivity contribution is 5.88. The summed E-state index contributed by atoms with van der Waals surface area (Å²) in [6.45, 7) is 8.84. The van der Waals surface area contributed by atoms with E-state index in [1.807, 2.05) is 43.5 Å². The summed E-state index contributed by atoms with van der Waals surface area (Å²) < 4.78 is 14.9. The predicted molar refractivity (Wildman–Crippen MR) is 129 cm³/mol. The monoisotopic (exact) mass is 475 g/mol. The van der Waals surface area contributed by atoms with Crippen molar-refractivity contribution in [1.29, 1.82) is 0 Å². The molecule has 0 radical (unpaired) electrons. The smallest absolute Gasteiger partial charge is 0.410 e. The van der Waals surface area contributed by atoms with E-state index in [9.17, 15) is 14.7 Å². The lowest BCUT2D eigenvalue weighted by atomic mass is 10.0. The maximum absolute atomic E-state index is 12.9. The molecule has 1 N–H and O–H groups in total. The highest BCUT2D eigenvalue weighted by Crippen LogP contribution is 2.32. The van der Waals surface area contributed by atoms with Crippen LogP contribution in [0.2, 0.25) is 0 Å². The summed E-state index contributed by atoms with van der Waals surface area (Å²) in [4.78, 5) is 29.5. The normalized spacial score (nSPS) is 24.0. The SMILES string of the molecule is CC[C@@H]1CN(c2cc(=O)n(C)c3cn(C4CCCCO4)nc23)[C@@H](CO)CN1C(=O)OC(C)(C)C. The van der Waals surface area contributed by atoms with Gasteiger partial charge in [0.2, 0.25) is 0 Å². The lowest BCUT2D eigenvalue weighted by molar-refractivity contribution is -0.0391.